The summed E-state index contributed by atoms with van der Waals surface area (Å²) in [4.78, 5) is 0. The van der Waals surface area contributed by atoms with Gasteiger partial charge in [0.1, 0.15) is 0 Å². The molecule has 1 saturated heterocycles. The molecule has 2 rings (SSSR count). The van der Waals surface area contributed by atoms with Gasteiger partial charge in [-0.3, -0.25) is 0 Å². The van der Waals surface area contributed by atoms with Gasteiger partial charge in [-0.15, -0.1) is 0 Å². The molecule has 0 saturated carbocycles. The van der Waals surface area contributed by atoms with Crippen LogP contribution in [0.5, 0.6) is 0 Å². The number of hydrogen-bond acceptors (Lipinski definition) is 1. The van der Waals surface area contributed by atoms with Gasteiger partial charge in [-0.05, 0) is 30.0 Å². The molecular formula is C14H20BrN. The lowest BCUT2D eigenvalue weighted by Gasteiger charge is -2.45. The highest BCUT2D eigenvalue weighted by molar-refractivity contribution is 9.10. The first kappa shape index (κ1) is 12.1. The largest absolute Gasteiger partial charge is 0.315 e. The van der Waals surface area contributed by atoms with E-state index in [0.29, 0.717) is 5.41 Å². The van der Waals surface area contributed by atoms with Gasteiger partial charge < -0.3 is 5.32 Å². The van der Waals surface area contributed by atoms with E-state index in [2.05, 4.69) is 59.4 Å². The molecule has 1 atom stereocenters. The minimum Gasteiger partial charge on any atom is -0.315 e. The van der Waals surface area contributed by atoms with Crippen molar-refractivity contribution in [1.29, 1.82) is 0 Å². The summed E-state index contributed by atoms with van der Waals surface area (Å²) in [6, 6.07) is 8.86. The maximum atomic E-state index is 3.50. The van der Waals surface area contributed by atoms with Crippen molar-refractivity contribution in [3.63, 3.8) is 0 Å². The van der Waals surface area contributed by atoms with Crippen molar-refractivity contribution in [3.8, 4) is 0 Å². The Kier molecular flexibility index (Phi) is 3.70. The Morgan fingerprint density at radius 2 is 1.94 bits per heavy atom. The molecule has 0 aromatic heterocycles. The lowest BCUT2D eigenvalue weighted by molar-refractivity contribution is 0.221. The second-order valence-electron chi connectivity index (χ2n) is 5.11. The fourth-order valence-corrected chi connectivity index (χ4v) is 2.77. The van der Waals surface area contributed by atoms with Crippen LogP contribution >= 0.6 is 15.9 Å². The van der Waals surface area contributed by atoms with Gasteiger partial charge >= 0.3 is 0 Å². The summed E-state index contributed by atoms with van der Waals surface area (Å²) < 4.78 is 1.17. The van der Waals surface area contributed by atoms with Crippen molar-refractivity contribution in [1.82, 2.24) is 5.32 Å². The van der Waals surface area contributed by atoms with Gasteiger partial charge in [0.2, 0.25) is 0 Å². The number of rotatable bonds is 4. The zero-order chi connectivity index (χ0) is 11.6. The van der Waals surface area contributed by atoms with Gasteiger partial charge in [-0.2, -0.15) is 0 Å². The summed E-state index contributed by atoms with van der Waals surface area (Å²) in [5.74, 6) is 0.811. The Morgan fingerprint density at radius 1 is 1.31 bits per heavy atom. The molecule has 88 valence electrons. The van der Waals surface area contributed by atoms with Gasteiger partial charge in [-0.25, -0.2) is 0 Å². The van der Waals surface area contributed by atoms with Crippen molar-refractivity contribution < 1.29 is 0 Å². The van der Waals surface area contributed by atoms with Crippen LogP contribution in [0.2, 0.25) is 0 Å². The van der Waals surface area contributed by atoms with E-state index in [-0.39, 0.29) is 0 Å². The molecular weight excluding hydrogens is 262 g/mol. The van der Waals surface area contributed by atoms with Gasteiger partial charge in [0.25, 0.3) is 0 Å². The third-order valence-corrected chi connectivity index (χ3v) is 4.35. The molecule has 1 aliphatic heterocycles. The molecule has 1 N–H and O–H groups in total. The van der Waals surface area contributed by atoms with Crippen molar-refractivity contribution in [3.05, 3.63) is 34.3 Å². The summed E-state index contributed by atoms with van der Waals surface area (Å²) in [6.07, 6.45) is 2.58. The monoisotopic (exact) mass is 281 g/mol. The van der Waals surface area contributed by atoms with Gasteiger partial charge in [0.15, 0.2) is 0 Å². The third-order valence-electron chi connectivity index (χ3n) is 3.82. The van der Waals surface area contributed by atoms with E-state index in [4.69, 9.17) is 0 Å². The molecule has 1 heterocycles. The molecule has 2 heteroatoms. The van der Waals surface area contributed by atoms with Crippen LogP contribution in [0.25, 0.3) is 0 Å². The lowest BCUT2D eigenvalue weighted by atomic mass is 9.69. The standard InChI is InChI=1S/C14H20BrN/c1-3-11(2)8-14(9-16-10-14)12-4-6-13(15)7-5-12/h4-7,11,16H,3,8-10H2,1-2H3. The molecule has 0 aliphatic carbocycles. The number of halogens is 1. The molecule has 0 amide bonds. The average molecular weight is 282 g/mol. The Balaban J connectivity index is 2.17. The summed E-state index contributed by atoms with van der Waals surface area (Å²) in [5.41, 5.74) is 1.89. The second kappa shape index (κ2) is 4.89. The van der Waals surface area contributed by atoms with Gasteiger partial charge in [-0.1, -0.05) is 48.3 Å². The predicted octanol–water partition coefficient (Wildman–Crippen LogP) is 3.73. The summed E-state index contributed by atoms with van der Waals surface area (Å²) in [7, 11) is 0. The maximum Gasteiger partial charge on any atom is 0.0205 e. The van der Waals surface area contributed by atoms with Crippen molar-refractivity contribution in [2.75, 3.05) is 13.1 Å². The molecule has 1 aromatic carbocycles. The Hall–Kier alpha value is -0.340. The number of nitrogens with one attached hydrogen (secondary N) is 1. The van der Waals surface area contributed by atoms with Crippen molar-refractivity contribution in [2.45, 2.75) is 32.1 Å². The minimum atomic E-state index is 0.399. The molecule has 1 fully saturated rings. The predicted molar refractivity (Wildman–Crippen MR) is 72.8 cm³/mol. The summed E-state index contributed by atoms with van der Waals surface area (Å²) in [6.45, 7) is 6.92. The van der Waals surface area contributed by atoms with Crippen molar-refractivity contribution in [2.24, 2.45) is 5.92 Å². The van der Waals surface area contributed by atoms with Gasteiger partial charge in [0.05, 0.1) is 0 Å². The Labute approximate surface area is 107 Å². The zero-order valence-corrected chi connectivity index (χ0v) is 11.7. The SMILES string of the molecule is CCC(C)CC1(c2ccc(Br)cc2)CNC1. The van der Waals surface area contributed by atoms with Gasteiger partial charge in [0, 0.05) is 23.0 Å². The molecule has 1 aliphatic rings. The highest BCUT2D eigenvalue weighted by Crippen LogP contribution is 2.36. The lowest BCUT2D eigenvalue weighted by Crippen LogP contribution is -2.57. The Bertz CT molecular complexity index is 340. The topological polar surface area (TPSA) is 12.0 Å². The summed E-state index contributed by atoms with van der Waals surface area (Å²) >= 11 is 3.50. The second-order valence-corrected chi connectivity index (χ2v) is 6.02. The van der Waals surface area contributed by atoms with Crippen LogP contribution in [0, 0.1) is 5.92 Å². The number of hydrogen-bond donors (Lipinski definition) is 1. The highest BCUT2D eigenvalue weighted by atomic mass is 79.9. The van der Waals surface area contributed by atoms with Crippen LogP contribution in [0.15, 0.2) is 28.7 Å². The van der Waals surface area contributed by atoms with E-state index in [9.17, 15) is 0 Å². The van der Waals surface area contributed by atoms with Crippen LogP contribution in [0.1, 0.15) is 32.3 Å². The van der Waals surface area contributed by atoms with Crippen LogP contribution in [-0.2, 0) is 5.41 Å². The molecule has 1 aromatic rings. The smallest absolute Gasteiger partial charge is 0.0205 e. The van der Waals surface area contributed by atoms with E-state index in [1.165, 1.54) is 22.9 Å². The number of benzene rings is 1. The Morgan fingerprint density at radius 3 is 2.38 bits per heavy atom. The fraction of sp³-hybridized carbons (Fsp3) is 0.571. The van der Waals surface area contributed by atoms with Crippen LogP contribution in [0.3, 0.4) is 0 Å². The van der Waals surface area contributed by atoms with E-state index in [1.807, 2.05) is 0 Å². The van der Waals surface area contributed by atoms with Crippen LogP contribution < -0.4 is 5.32 Å². The van der Waals surface area contributed by atoms with Crippen LogP contribution in [-0.4, -0.2) is 13.1 Å². The van der Waals surface area contributed by atoms with Crippen molar-refractivity contribution >= 4 is 15.9 Å². The normalized spacial score (nSPS) is 20.2. The van der Waals surface area contributed by atoms with E-state index < -0.39 is 0 Å². The minimum absolute atomic E-state index is 0.399. The average Bonchev–Trinajstić information content (AvgIpc) is 2.24. The molecule has 0 radical (unpaired) electrons. The van der Waals surface area contributed by atoms with E-state index in [0.717, 1.165) is 19.0 Å². The molecule has 0 bridgehead atoms. The van der Waals surface area contributed by atoms with Crippen LogP contribution in [0.4, 0.5) is 0 Å². The highest BCUT2D eigenvalue weighted by Gasteiger charge is 2.39. The molecule has 1 unspecified atom stereocenters. The fourth-order valence-electron chi connectivity index (χ4n) is 2.51. The van der Waals surface area contributed by atoms with E-state index >= 15 is 0 Å². The maximum absolute atomic E-state index is 3.50. The first-order valence-corrected chi connectivity index (χ1v) is 6.92. The van der Waals surface area contributed by atoms with E-state index in [1.54, 1.807) is 0 Å². The quantitative estimate of drug-likeness (QED) is 0.887. The first-order valence-electron chi connectivity index (χ1n) is 6.13. The summed E-state index contributed by atoms with van der Waals surface area (Å²) in [5, 5.41) is 3.43. The molecule has 1 nitrogen and oxygen atoms in total. The first-order chi connectivity index (χ1) is 7.66. The molecule has 0 spiro atoms. The third kappa shape index (κ3) is 2.33. The zero-order valence-electron chi connectivity index (χ0n) is 10.1. The molecule has 16 heavy (non-hydrogen) atoms.